The molecule has 142 valence electrons. The topological polar surface area (TPSA) is 59.0 Å². The zero-order valence-corrected chi connectivity index (χ0v) is 15.9. The van der Waals surface area contributed by atoms with Gasteiger partial charge in [-0.25, -0.2) is 0 Å². The molecule has 2 atom stereocenters. The number of rotatable bonds is 2. The monoisotopic (exact) mass is 367 g/mol. The van der Waals surface area contributed by atoms with Gasteiger partial charge in [0.05, 0.1) is 6.04 Å². The Labute approximate surface area is 159 Å². The lowest BCUT2D eigenvalue weighted by Gasteiger charge is -2.42. The first kappa shape index (κ1) is 17.9. The second kappa shape index (κ2) is 6.57. The lowest BCUT2D eigenvalue weighted by molar-refractivity contribution is -0.145. The maximum Gasteiger partial charge on any atom is 0.231 e. The van der Waals surface area contributed by atoms with Crippen LogP contribution in [0.1, 0.15) is 49.6 Å². The molecule has 5 heteroatoms. The van der Waals surface area contributed by atoms with Crippen LogP contribution in [-0.4, -0.2) is 29.3 Å². The van der Waals surface area contributed by atoms with Crippen molar-refractivity contribution >= 4 is 5.91 Å². The average Bonchev–Trinajstić information content (AvgIpc) is 3.11. The second-order valence-electron chi connectivity index (χ2n) is 8.20. The Bertz CT molecular complexity index is 857. The van der Waals surface area contributed by atoms with Crippen molar-refractivity contribution in [2.75, 3.05) is 13.3 Å². The van der Waals surface area contributed by atoms with Crippen molar-refractivity contribution in [2.45, 2.75) is 39.3 Å². The summed E-state index contributed by atoms with van der Waals surface area (Å²) in [4.78, 5) is 15.0. The molecule has 0 aliphatic carbocycles. The molecular formula is C22H25NO4. The molecule has 0 saturated heterocycles. The van der Waals surface area contributed by atoms with E-state index in [1.807, 2.05) is 68.1 Å². The number of aliphatic hydroxyl groups is 1. The number of hydrogen-bond donors (Lipinski definition) is 1. The molecule has 0 radical (unpaired) electrons. The summed E-state index contributed by atoms with van der Waals surface area (Å²) in [7, 11) is 0. The molecule has 5 nitrogen and oxygen atoms in total. The van der Waals surface area contributed by atoms with Crippen molar-refractivity contribution in [3.8, 4) is 11.5 Å². The number of carbonyl (C=O) groups excluding carboxylic acids is 1. The number of aliphatic hydroxyl groups excluding tert-OH is 1. The SMILES string of the molecule is CC(C)(C)C(=O)N1CCc2cc3c(cc2[C@H]1[C@@H](O)c1ccccc1)OCO3. The van der Waals surface area contributed by atoms with Crippen molar-refractivity contribution in [1.82, 2.24) is 4.90 Å². The molecule has 2 aliphatic rings. The molecule has 0 bridgehead atoms. The van der Waals surface area contributed by atoms with Gasteiger partial charge in [-0.3, -0.25) is 4.79 Å². The Hall–Kier alpha value is -2.53. The van der Waals surface area contributed by atoms with E-state index in [1.54, 1.807) is 0 Å². The van der Waals surface area contributed by atoms with Gasteiger partial charge in [-0.05, 0) is 35.2 Å². The summed E-state index contributed by atoms with van der Waals surface area (Å²) < 4.78 is 11.1. The van der Waals surface area contributed by atoms with Crippen molar-refractivity contribution in [1.29, 1.82) is 0 Å². The molecule has 0 fully saturated rings. The number of fused-ring (bicyclic) bond motifs is 2. The molecule has 4 rings (SSSR count). The molecule has 2 aliphatic heterocycles. The second-order valence-corrected chi connectivity index (χ2v) is 8.20. The molecule has 2 aromatic rings. The van der Waals surface area contributed by atoms with Crippen LogP contribution in [0.4, 0.5) is 0 Å². The maximum atomic E-state index is 13.2. The highest BCUT2D eigenvalue weighted by molar-refractivity contribution is 5.82. The summed E-state index contributed by atoms with van der Waals surface area (Å²) in [6.45, 7) is 6.51. The van der Waals surface area contributed by atoms with Crippen LogP contribution in [0.5, 0.6) is 11.5 Å². The maximum absolute atomic E-state index is 13.2. The van der Waals surface area contributed by atoms with E-state index >= 15 is 0 Å². The molecule has 2 aromatic carbocycles. The molecule has 1 N–H and O–H groups in total. The lowest BCUT2D eigenvalue weighted by atomic mass is 9.84. The summed E-state index contributed by atoms with van der Waals surface area (Å²) in [5, 5.41) is 11.3. The van der Waals surface area contributed by atoms with Crippen molar-refractivity contribution in [3.63, 3.8) is 0 Å². The van der Waals surface area contributed by atoms with Crippen LogP contribution >= 0.6 is 0 Å². The van der Waals surface area contributed by atoms with Gasteiger partial charge in [-0.1, -0.05) is 51.1 Å². The van der Waals surface area contributed by atoms with Gasteiger partial charge < -0.3 is 19.5 Å². The lowest BCUT2D eigenvalue weighted by Crippen LogP contribution is -2.47. The molecule has 27 heavy (non-hydrogen) atoms. The fourth-order valence-electron chi connectivity index (χ4n) is 3.87. The minimum absolute atomic E-state index is 0.0331. The van der Waals surface area contributed by atoms with Crippen LogP contribution in [0.25, 0.3) is 0 Å². The predicted octanol–water partition coefficient (Wildman–Crippen LogP) is 3.62. The third-order valence-corrected chi connectivity index (χ3v) is 5.25. The van der Waals surface area contributed by atoms with Crippen molar-refractivity contribution in [3.05, 3.63) is 59.2 Å². The van der Waals surface area contributed by atoms with Gasteiger partial charge in [-0.2, -0.15) is 0 Å². The number of amides is 1. The zero-order chi connectivity index (χ0) is 19.2. The summed E-state index contributed by atoms with van der Waals surface area (Å²) in [6, 6.07) is 13.0. The van der Waals surface area contributed by atoms with Crippen LogP contribution in [0.3, 0.4) is 0 Å². The first-order valence-electron chi connectivity index (χ1n) is 9.33. The molecule has 2 heterocycles. The third kappa shape index (κ3) is 3.16. The Kier molecular flexibility index (Phi) is 4.35. The largest absolute Gasteiger partial charge is 0.454 e. The fraction of sp³-hybridized carbons (Fsp3) is 0.409. The minimum Gasteiger partial charge on any atom is -0.454 e. The highest BCUT2D eigenvalue weighted by atomic mass is 16.7. The molecule has 0 aromatic heterocycles. The van der Waals surface area contributed by atoms with E-state index in [-0.39, 0.29) is 12.7 Å². The molecule has 0 unspecified atom stereocenters. The Balaban J connectivity index is 1.82. The molecule has 1 amide bonds. The quantitative estimate of drug-likeness (QED) is 0.881. The van der Waals surface area contributed by atoms with Gasteiger partial charge >= 0.3 is 0 Å². The van der Waals surface area contributed by atoms with Gasteiger partial charge in [0.25, 0.3) is 0 Å². The number of nitrogens with zero attached hydrogens (tertiary/aromatic N) is 1. The van der Waals surface area contributed by atoms with Gasteiger partial charge in [0, 0.05) is 12.0 Å². The Morgan fingerprint density at radius 3 is 2.48 bits per heavy atom. The van der Waals surface area contributed by atoms with Crippen LogP contribution < -0.4 is 9.47 Å². The number of carbonyl (C=O) groups is 1. The fourth-order valence-corrected chi connectivity index (χ4v) is 3.87. The van der Waals surface area contributed by atoms with Gasteiger partial charge in [0.15, 0.2) is 11.5 Å². The Morgan fingerprint density at radius 2 is 1.81 bits per heavy atom. The summed E-state index contributed by atoms with van der Waals surface area (Å²) in [5.74, 6) is 1.44. The third-order valence-electron chi connectivity index (χ3n) is 5.25. The van der Waals surface area contributed by atoms with E-state index < -0.39 is 17.6 Å². The molecule has 0 saturated carbocycles. The predicted molar refractivity (Wildman–Crippen MR) is 102 cm³/mol. The van der Waals surface area contributed by atoms with E-state index in [0.717, 1.165) is 28.9 Å². The zero-order valence-electron chi connectivity index (χ0n) is 15.9. The van der Waals surface area contributed by atoms with Gasteiger partial charge in [0.1, 0.15) is 6.10 Å². The number of hydrogen-bond acceptors (Lipinski definition) is 4. The van der Waals surface area contributed by atoms with Crippen LogP contribution in [-0.2, 0) is 11.2 Å². The standard InChI is InChI=1S/C22H25NO4/c1-22(2,3)21(25)23-10-9-15-11-17-18(27-13-26-17)12-16(15)19(23)20(24)14-7-5-4-6-8-14/h4-8,11-12,19-20,24H,9-10,13H2,1-3H3/t19-,20-/m0/s1. The number of ether oxygens (including phenoxy) is 2. The highest BCUT2D eigenvalue weighted by Crippen LogP contribution is 2.45. The van der Waals surface area contributed by atoms with Crippen LogP contribution in [0.2, 0.25) is 0 Å². The van der Waals surface area contributed by atoms with Gasteiger partial charge in [0.2, 0.25) is 12.7 Å². The first-order valence-corrected chi connectivity index (χ1v) is 9.33. The minimum atomic E-state index is -0.822. The average molecular weight is 367 g/mol. The summed E-state index contributed by atoms with van der Waals surface area (Å²) in [5.41, 5.74) is 2.29. The van der Waals surface area contributed by atoms with E-state index in [9.17, 15) is 9.90 Å². The Morgan fingerprint density at radius 1 is 1.15 bits per heavy atom. The highest BCUT2D eigenvalue weighted by Gasteiger charge is 2.40. The normalized spacial score (nSPS) is 19.6. The van der Waals surface area contributed by atoms with Gasteiger partial charge in [-0.15, -0.1) is 0 Å². The number of benzene rings is 2. The van der Waals surface area contributed by atoms with Crippen LogP contribution in [0, 0.1) is 5.41 Å². The van der Waals surface area contributed by atoms with Crippen molar-refractivity contribution in [2.24, 2.45) is 5.41 Å². The first-order chi connectivity index (χ1) is 12.9. The van der Waals surface area contributed by atoms with E-state index in [1.165, 1.54) is 0 Å². The molecule has 0 spiro atoms. The van der Waals surface area contributed by atoms with E-state index in [4.69, 9.17) is 9.47 Å². The summed E-state index contributed by atoms with van der Waals surface area (Å²) in [6.07, 6.45) is -0.0943. The molecular weight excluding hydrogens is 342 g/mol. The van der Waals surface area contributed by atoms with Crippen molar-refractivity contribution < 1.29 is 19.4 Å². The van der Waals surface area contributed by atoms with E-state index in [2.05, 4.69) is 0 Å². The van der Waals surface area contributed by atoms with Crippen LogP contribution in [0.15, 0.2) is 42.5 Å². The summed E-state index contributed by atoms with van der Waals surface area (Å²) >= 11 is 0. The smallest absolute Gasteiger partial charge is 0.231 e. The van der Waals surface area contributed by atoms with E-state index in [0.29, 0.717) is 12.3 Å².